The molecule has 0 aliphatic heterocycles. The van der Waals surface area contributed by atoms with E-state index in [1.807, 2.05) is 19.0 Å². The number of anilines is 2. The maximum atomic E-state index is 12.2. The minimum atomic E-state index is -3.49. The summed E-state index contributed by atoms with van der Waals surface area (Å²) in [7, 11) is 0.199. The highest BCUT2D eigenvalue weighted by Gasteiger charge is 2.12. The lowest BCUT2D eigenvalue weighted by Crippen LogP contribution is -2.22. The van der Waals surface area contributed by atoms with E-state index in [0.29, 0.717) is 22.8 Å². The van der Waals surface area contributed by atoms with Crippen molar-refractivity contribution in [3.63, 3.8) is 0 Å². The van der Waals surface area contributed by atoms with Gasteiger partial charge in [-0.25, -0.2) is 13.1 Å². The van der Waals surface area contributed by atoms with Gasteiger partial charge >= 0.3 is 0 Å². The lowest BCUT2D eigenvalue weighted by Gasteiger charge is -2.18. The molecule has 2 aromatic rings. The van der Waals surface area contributed by atoms with Crippen molar-refractivity contribution in [1.82, 2.24) is 4.72 Å². The summed E-state index contributed by atoms with van der Waals surface area (Å²) in [5.41, 5.74) is 2.03. The van der Waals surface area contributed by atoms with Crippen LogP contribution < -0.4 is 14.9 Å². The van der Waals surface area contributed by atoms with Crippen molar-refractivity contribution < 1.29 is 13.2 Å². The third-order valence-corrected chi connectivity index (χ3v) is 5.51. The van der Waals surface area contributed by atoms with Crippen molar-refractivity contribution in [3.8, 4) is 0 Å². The third kappa shape index (κ3) is 5.56. The first-order chi connectivity index (χ1) is 12.7. The van der Waals surface area contributed by atoms with Crippen molar-refractivity contribution in [2.75, 3.05) is 30.9 Å². The molecule has 0 aliphatic carbocycles. The van der Waals surface area contributed by atoms with Crippen LogP contribution >= 0.6 is 11.6 Å². The predicted molar refractivity (Wildman–Crippen MR) is 111 cm³/mol. The largest absolute Gasteiger partial charge is 0.375 e. The maximum absolute atomic E-state index is 12.2. The molecule has 0 saturated heterocycles. The van der Waals surface area contributed by atoms with Crippen molar-refractivity contribution in [3.05, 3.63) is 59.1 Å². The molecule has 2 N–H and O–H groups in total. The second-order valence-corrected chi connectivity index (χ2v) is 8.10. The molecule has 0 spiro atoms. The maximum Gasteiger partial charge on any atom is 0.248 e. The van der Waals surface area contributed by atoms with E-state index < -0.39 is 10.0 Å². The number of hydrogen-bond acceptors (Lipinski definition) is 4. The minimum absolute atomic E-state index is 0.181. The molecule has 144 valence electrons. The first-order valence-corrected chi connectivity index (χ1v) is 10.2. The van der Waals surface area contributed by atoms with Crippen molar-refractivity contribution in [2.24, 2.45) is 0 Å². The molecule has 0 atom stereocenters. The highest BCUT2D eigenvalue weighted by molar-refractivity contribution is 7.89. The average molecular weight is 408 g/mol. The normalized spacial score (nSPS) is 11.6. The minimum Gasteiger partial charge on any atom is -0.375 e. The number of benzene rings is 2. The van der Waals surface area contributed by atoms with E-state index in [-0.39, 0.29) is 10.8 Å². The second-order valence-electron chi connectivity index (χ2n) is 5.92. The predicted octanol–water partition coefficient (Wildman–Crippen LogP) is 3.36. The number of para-hydroxylation sites is 1. The van der Waals surface area contributed by atoms with Gasteiger partial charge in [0.2, 0.25) is 15.9 Å². The van der Waals surface area contributed by atoms with E-state index in [9.17, 15) is 13.2 Å². The van der Waals surface area contributed by atoms with Gasteiger partial charge in [-0.2, -0.15) is 0 Å². The fourth-order valence-electron chi connectivity index (χ4n) is 2.45. The molecule has 0 radical (unpaired) electrons. The molecule has 6 nitrogen and oxygen atoms in total. The zero-order valence-corrected chi connectivity index (χ0v) is 16.9. The molecule has 1 amide bonds. The molecule has 2 rings (SSSR count). The number of halogens is 1. The summed E-state index contributed by atoms with van der Waals surface area (Å²) in [6, 6.07) is 11.6. The van der Waals surface area contributed by atoms with Gasteiger partial charge in [-0.3, -0.25) is 4.79 Å². The number of rotatable bonds is 7. The molecule has 0 fully saturated rings. The Morgan fingerprint density at radius 1 is 1.15 bits per heavy atom. The van der Waals surface area contributed by atoms with Crippen LogP contribution in [0.15, 0.2) is 53.4 Å². The highest BCUT2D eigenvalue weighted by atomic mass is 35.5. The molecule has 0 heterocycles. The van der Waals surface area contributed by atoms with Crippen LogP contribution in [-0.4, -0.2) is 35.0 Å². The summed E-state index contributed by atoms with van der Waals surface area (Å²) in [6.07, 6.45) is 2.99. The fourth-order valence-corrected chi connectivity index (χ4v) is 3.83. The second kappa shape index (κ2) is 9.03. The van der Waals surface area contributed by atoms with Gasteiger partial charge in [0.15, 0.2) is 0 Å². The van der Waals surface area contributed by atoms with Gasteiger partial charge in [-0.15, -0.1) is 0 Å². The van der Waals surface area contributed by atoms with Crippen LogP contribution in [0.4, 0.5) is 11.4 Å². The van der Waals surface area contributed by atoms with Gasteiger partial charge in [-0.1, -0.05) is 36.7 Å². The summed E-state index contributed by atoms with van der Waals surface area (Å²) in [6.45, 7) is 2.04. The van der Waals surface area contributed by atoms with Crippen LogP contribution in [0.1, 0.15) is 12.5 Å². The Hall–Kier alpha value is -2.35. The Balaban J connectivity index is 2.11. The van der Waals surface area contributed by atoms with Crippen LogP contribution in [0.2, 0.25) is 5.02 Å². The summed E-state index contributed by atoms with van der Waals surface area (Å²) in [5.74, 6) is -0.315. The van der Waals surface area contributed by atoms with Crippen LogP contribution in [0.5, 0.6) is 0 Å². The third-order valence-electron chi connectivity index (χ3n) is 3.64. The first kappa shape index (κ1) is 21.0. The Morgan fingerprint density at radius 2 is 1.81 bits per heavy atom. The lowest BCUT2D eigenvalue weighted by molar-refractivity contribution is -0.111. The summed E-state index contributed by atoms with van der Waals surface area (Å²) in [5, 5.41) is 3.34. The smallest absolute Gasteiger partial charge is 0.248 e. The number of nitrogens with zero attached hydrogens (tertiary/aromatic N) is 1. The number of hydrogen-bond donors (Lipinski definition) is 2. The first-order valence-electron chi connectivity index (χ1n) is 8.29. The Morgan fingerprint density at radius 3 is 2.41 bits per heavy atom. The molecule has 0 unspecified atom stereocenters. The van der Waals surface area contributed by atoms with Gasteiger partial charge in [0, 0.05) is 26.7 Å². The molecule has 8 heteroatoms. The standard InChI is InChI=1S/C19H22ClN3O3S/c1-4-21-27(25,26)15-11-8-14(9-12-15)10-13-18(24)22-17-7-5-6-16(20)19(17)23(2)3/h5-13,21H,4H2,1-3H3,(H,22,24). The van der Waals surface area contributed by atoms with Crippen molar-refractivity contribution in [2.45, 2.75) is 11.8 Å². The van der Waals surface area contributed by atoms with E-state index in [2.05, 4.69) is 10.0 Å². The van der Waals surface area contributed by atoms with Gasteiger partial charge in [0.1, 0.15) is 0 Å². The zero-order chi connectivity index (χ0) is 20.0. The summed E-state index contributed by atoms with van der Waals surface area (Å²) in [4.78, 5) is 14.2. The van der Waals surface area contributed by atoms with E-state index in [1.54, 1.807) is 43.3 Å². The quantitative estimate of drug-likeness (QED) is 0.690. The van der Waals surface area contributed by atoms with Gasteiger partial charge < -0.3 is 10.2 Å². The van der Waals surface area contributed by atoms with Gasteiger partial charge in [0.05, 0.1) is 21.3 Å². The van der Waals surface area contributed by atoms with E-state index in [1.165, 1.54) is 18.2 Å². The van der Waals surface area contributed by atoms with Crippen LogP contribution in [0.3, 0.4) is 0 Å². The molecule has 0 bridgehead atoms. The molecule has 0 saturated carbocycles. The van der Waals surface area contributed by atoms with Crippen LogP contribution in [-0.2, 0) is 14.8 Å². The number of amides is 1. The number of nitrogens with one attached hydrogen (secondary N) is 2. The number of carbonyl (C=O) groups is 1. The molecule has 0 aromatic heterocycles. The van der Waals surface area contributed by atoms with Crippen molar-refractivity contribution in [1.29, 1.82) is 0 Å². The molecular weight excluding hydrogens is 386 g/mol. The van der Waals surface area contributed by atoms with E-state index >= 15 is 0 Å². The zero-order valence-electron chi connectivity index (χ0n) is 15.4. The molecule has 2 aromatic carbocycles. The molecule has 0 aliphatic rings. The molecule has 27 heavy (non-hydrogen) atoms. The average Bonchev–Trinajstić information content (AvgIpc) is 2.60. The van der Waals surface area contributed by atoms with Gasteiger partial charge in [-0.05, 0) is 35.9 Å². The Kier molecular flexibility index (Phi) is 7.01. The van der Waals surface area contributed by atoms with Crippen LogP contribution in [0, 0.1) is 0 Å². The summed E-state index contributed by atoms with van der Waals surface area (Å²) < 4.78 is 26.3. The van der Waals surface area contributed by atoms with Gasteiger partial charge in [0.25, 0.3) is 0 Å². The van der Waals surface area contributed by atoms with E-state index in [0.717, 1.165) is 5.69 Å². The topological polar surface area (TPSA) is 78.5 Å². The lowest BCUT2D eigenvalue weighted by atomic mass is 10.2. The number of carbonyl (C=O) groups excluding carboxylic acids is 1. The Bertz CT molecular complexity index is 939. The number of sulfonamides is 1. The molecular formula is C19H22ClN3O3S. The highest BCUT2D eigenvalue weighted by Crippen LogP contribution is 2.32. The monoisotopic (exact) mass is 407 g/mol. The summed E-state index contributed by atoms with van der Waals surface area (Å²) >= 11 is 6.19. The fraction of sp³-hybridized carbons (Fsp3) is 0.211. The van der Waals surface area contributed by atoms with Crippen molar-refractivity contribution >= 4 is 45.0 Å². The SMILES string of the molecule is CCNS(=O)(=O)c1ccc(C=CC(=O)Nc2cccc(Cl)c2N(C)C)cc1. The van der Waals surface area contributed by atoms with E-state index in [4.69, 9.17) is 11.6 Å². The Labute approximate surface area is 164 Å². The van der Waals surface area contributed by atoms with Crippen LogP contribution in [0.25, 0.3) is 6.08 Å².